The number of nitrogens with zero attached hydrogens (tertiary/aromatic N) is 1. The average molecular weight is 274 g/mol. The monoisotopic (exact) mass is 274 g/mol. The van der Waals surface area contributed by atoms with Crippen molar-refractivity contribution < 1.29 is 0 Å². The summed E-state index contributed by atoms with van der Waals surface area (Å²) in [4.78, 5) is 2.71. The van der Waals surface area contributed by atoms with Gasteiger partial charge in [0.1, 0.15) is 0 Å². The van der Waals surface area contributed by atoms with Gasteiger partial charge in [-0.05, 0) is 43.7 Å². The lowest BCUT2D eigenvalue weighted by atomic mass is 10.00. The first kappa shape index (κ1) is 15.5. The maximum absolute atomic E-state index is 3.54. The summed E-state index contributed by atoms with van der Waals surface area (Å²) in [6.45, 7) is 9.50. The molecule has 1 aromatic carbocycles. The fourth-order valence-corrected chi connectivity index (χ4v) is 3.16. The third-order valence-electron chi connectivity index (χ3n) is 4.22. The first-order valence-electron chi connectivity index (χ1n) is 8.24. The van der Waals surface area contributed by atoms with Crippen molar-refractivity contribution in [2.75, 3.05) is 26.2 Å². The van der Waals surface area contributed by atoms with Crippen molar-refractivity contribution in [3.05, 3.63) is 35.9 Å². The largest absolute Gasteiger partial charge is 0.314 e. The Morgan fingerprint density at radius 3 is 2.75 bits per heavy atom. The minimum Gasteiger partial charge on any atom is -0.314 e. The van der Waals surface area contributed by atoms with Crippen LogP contribution in [0.25, 0.3) is 0 Å². The maximum atomic E-state index is 3.54. The molecular formula is C18H30N2. The summed E-state index contributed by atoms with van der Waals surface area (Å²) in [7, 11) is 0. The highest BCUT2D eigenvalue weighted by molar-refractivity contribution is 5.14. The molecule has 1 aromatic rings. The Morgan fingerprint density at radius 2 is 2.00 bits per heavy atom. The Kier molecular flexibility index (Phi) is 6.55. The summed E-state index contributed by atoms with van der Waals surface area (Å²) in [5.74, 6) is 0.798. The zero-order valence-electron chi connectivity index (χ0n) is 13.1. The molecule has 1 N–H and O–H groups in total. The molecule has 1 unspecified atom stereocenters. The van der Waals surface area contributed by atoms with Crippen molar-refractivity contribution >= 4 is 0 Å². The quantitative estimate of drug-likeness (QED) is 0.767. The number of unbranched alkanes of at least 4 members (excludes halogenated alkanes) is 1. The van der Waals surface area contributed by atoms with Gasteiger partial charge in [-0.3, -0.25) is 4.90 Å². The van der Waals surface area contributed by atoms with Crippen LogP contribution in [-0.4, -0.2) is 37.1 Å². The second kappa shape index (κ2) is 8.43. The van der Waals surface area contributed by atoms with Crippen LogP contribution in [-0.2, 0) is 6.42 Å². The van der Waals surface area contributed by atoms with Crippen LogP contribution in [0.2, 0.25) is 0 Å². The van der Waals surface area contributed by atoms with Gasteiger partial charge in [-0.2, -0.15) is 0 Å². The molecule has 1 heterocycles. The molecule has 2 rings (SSSR count). The Hall–Kier alpha value is -0.860. The molecule has 0 spiro atoms. The molecule has 1 aliphatic heterocycles. The van der Waals surface area contributed by atoms with Gasteiger partial charge in [-0.1, -0.05) is 44.2 Å². The average Bonchev–Trinajstić information content (AvgIpc) is 2.46. The van der Waals surface area contributed by atoms with Crippen LogP contribution < -0.4 is 5.32 Å². The normalized spacial score (nSPS) is 20.4. The topological polar surface area (TPSA) is 15.3 Å². The number of hydrogen-bond acceptors (Lipinski definition) is 2. The van der Waals surface area contributed by atoms with E-state index in [4.69, 9.17) is 0 Å². The Labute approximate surface area is 124 Å². The lowest BCUT2D eigenvalue weighted by Crippen LogP contribution is -2.51. The summed E-state index contributed by atoms with van der Waals surface area (Å²) >= 11 is 0. The molecule has 0 saturated carbocycles. The fraction of sp³-hybridized carbons (Fsp3) is 0.667. The molecule has 1 fully saturated rings. The molecule has 1 atom stereocenters. The van der Waals surface area contributed by atoms with E-state index in [2.05, 4.69) is 54.4 Å². The Morgan fingerprint density at radius 1 is 1.20 bits per heavy atom. The highest BCUT2D eigenvalue weighted by atomic mass is 15.2. The Bertz CT molecular complexity index is 361. The molecular weight excluding hydrogens is 244 g/mol. The summed E-state index contributed by atoms with van der Waals surface area (Å²) in [6.07, 6.45) is 5.18. The van der Waals surface area contributed by atoms with Crippen molar-refractivity contribution in [2.45, 2.75) is 45.6 Å². The van der Waals surface area contributed by atoms with Gasteiger partial charge in [0.15, 0.2) is 0 Å². The minimum atomic E-state index is 0.750. The number of hydrogen-bond donors (Lipinski definition) is 1. The molecule has 20 heavy (non-hydrogen) atoms. The predicted octanol–water partition coefficient (Wildman–Crippen LogP) is 3.33. The third kappa shape index (κ3) is 5.26. The first-order valence-corrected chi connectivity index (χ1v) is 8.24. The van der Waals surface area contributed by atoms with E-state index < -0.39 is 0 Å². The molecule has 112 valence electrons. The second-order valence-corrected chi connectivity index (χ2v) is 6.47. The molecule has 2 heteroatoms. The smallest absolute Gasteiger partial charge is 0.0223 e. The van der Waals surface area contributed by atoms with E-state index in [1.165, 1.54) is 50.9 Å². The summed E-state index contributed by atoms with van der Waals surface area (Å²) in [5, 5.41) is 3.54. The van der Waals surface area contributed by atoms with E-state index in [0.717, 1.165) is 18.5 Å². The van der Waals surface area contributed by atoms with Crippen LogP contribution in [0.5, 0.6) is 0 Å². The van der Waals surface area contributed by atoms with Crippen LogP contribution in [0.4, 0.5) is 0 Å². The van der Waals surface area contributed by atoms with E-state index in [1.54, 1.807) is 0 Å². The standard InChI is InChI=1S/C18H30N2/c1-16(2)14-18-15-19-11-13-20(18)12-7-6-10-17-8-4-3-5-9-17/h3-5,8-9,16,18-19H,6-7,10-15H2,1-2H3. The lowest BCUT2D eigenvalue weighted by molar-refractivity contribution is 0.139. The number of aryl methyl sites for hydroxylation is 1. The van der Waals surface area contributed by atoms with Crippen molar-refractivity contribution in [3.63, 3.8) is 0 Å². The van der Waals surface area contributed by atoms with Crippen molar-refractivity contribution in [1.29, 1.82) is 0 Å². The molecule has 0 aromatic heterocycles. The number of rotatable bonds is 7. The molecule has 0 aliphatic carbocycles. The van der Waals surface area contributed by atoms with Gasteiger partial charge in [-0.25, -0.2) is 0 Å². The van der Waals surface area contributed by atoms with E-state index in [1.807, 2.05) is 0 Å². The van der Waals surface area contributed by atoms with Gasteiger partial charge in [0, 0.05) is 25.7 Å². The second-order valence-electron chi connectivity index (χ2n) is 6.47. The van der Waals surface area contributed by atoms with E-state index in [0.29, 0.717) is 0 Å². The molecule has 0 radical (unpaired) electrons. The van der Waals surface area contributed by atoms with Gasteiger partial charge < -0.3 is 5.32 Å². The van der Waals surface area contributed by atoms with E-state index in [-0.39, 0.29) is 0 Å². The lowest BCUT2D eigenvalue weighted by Gasteiger charge is -2.37. The molecule has 0 amide bonds. The molecule has 0 bridgehead atoms. The van der Waals surface area contributed by atoms with Gasteiger partial charge in [0.05, 0.1) is 0 Å². The van der Waals surface area contributed by atoms with E-state index in [9.17, 15) is 0 Å². The van der Waals surface area contributed by atoms with Gasteiger partial charge >= 0.3 is 0 Å². The van der Waals surface area contributed by atoms with Crippen molar-refractivity contribution in [3.8, 4) is 0 Å². The fourth-order valence-electron chi connectivity index (χ4n) is 3.16. The van der Waals surface area contributed by atoms with Crippen LogP contribution in [0.1, 0.15) is 38.7 Å². The predicted molar refractivity (Wildman–Crippen MR) is 87.1 cm³/mol. The number of benzene rings is 1. The van der Waals surface area contributed by atoms with Crippen LogP contribution in [0.15, 0.2) is 30.3 Å². The highest BCUT2D eigenvalue weighted by Crippen LogP contribution is 2.14. The van der Waals surface area contributed by atoms with Gasteiger partial charge in [-0.15, -0.1) is 0 Å². The first-order chi connectivity index (χ1) is 9.75. The van der Waals surface area contributed by atoms with E-state index >= 15 is 0 Å². The van der Waals surface area contributed by atoms with Crippen LogP contribution >= 0.6 is 0 Å². The Balaban J connectivity index is 1.69. The summed E-state index contributed by atoms with van der Waals surface area (Å²) < 4.78 is 0. The van der Waals surface area contributed by atoms with Crippen molar-refractivity contribution in [1.82, 2.24) is 10.2 Å². The molecule has 1 aliphatic rings. The molecule has 2 nitrogen and oxygen atoms in total. The zero-order chi connectivity index (χ0) is 14.2. The molecule has 1 saturated heterocycles. The number of piperazine rings is 1. The highest BCUT2D eigenvalue weighted by Gasteiger charge is 2.22. The van der Waals surface area contributed by atoms with Crippen LogP contribution in [0.3, 0.4) is 0 Å². The number of nitrogens with one attached hydrogen (secondary N) is 1. The SMILES string of the molecule is CC(C)CC1CNCCN1CCCCc1ccccc1. The minimum absolute atomic E-state index is 0.750. The summed E-state index contributed by atoms with van der Waals surface area (Å²) in [5.41, 5.74) is 1.48. The zero-order valence-corrected chi connectivity index (χ0v) is 13.1. The van der Waals surface area contributed by atoms with Crippen LogP contribution in [0, 0.1) is 5.92 Å². The van der Waals surface area contributed by atoms with Crippen molar-refractivity contribution in [2.24, 2.45) is 5.92 Å². The third-order valence-corrected chi connectivity index (χ3v) is 4.22. The summed E-state index contributed by atoms with van der Waals surface area (Å²) in [6, 6.07) is 11.6. The van der Waals surface area contributed by atoms with Gasteiger partial charge in [0.2, 0.25) is 0 Å². The van der Waals surface area contributed by atoms with Gasteiger partial charge in [0.25, 0.3) is 0 Å². The maximum Gasteiger partial charge on any atom is 0.0223 e.